The highest BCUT2D eigenvalue weighted by Crippen LogP contribution is 2.17. The molecule has 122 valence electrons. The number of hydrogen-bond acceptors (Lipinski definition) is 4. The number of carbonyl (C=O) groups is 1. The number of nitrogens with one attached hydrogen (secondary N) is 1. The standard InChI is InChI=1S/C17H20N2O3S/c1-14(16-7-10-18-11-8-16)13-17(20)19-23(21,22)12-9-15-5-3-2-4-6-15/h2-8,10-11,14H,9,12-13H2,1H3,(H,19,20)/t14-/m0/s1. The first-order chi connectivity index (χ1) is 11.0. The number of sulfonamides is 1. The molecule has 2 rings (SSSR count). The van der Waals surface area contributed by atoms with Crippen LogP contribution in [0.4, 0.5) is 0 Å². The largest absolute Gasteiger partial charge is 0.274 e. The number of carbonyl (C=O) groups excluding carboxylic acids is 1. The first-order valence-electron chi connectivity index (χ1n) is 7.43. The topological polar surface area (TPSA) is 76.1 Å². The van der Waals surface area contributed by atoms with Gasteiger partial charge < -0.3 is 0 Å². The molecule has 5 nitrogen and oxygen atoms in total. The van der Waals surface area contributed by atoms with Crippen LogP contribution in [0, 0.1) is 0 Å². The van der Waals surface area contributed by atoms with Gasteiger partial charge in [-0.3, -0.25) is 14.5 Å². The average molecular weight is 332 g/mol. The Kier molecular flexibility index (Phi) is 5.87. The molecule has 0 saturated heterocycles. The molecule has 1 aromatic carbocycles. The first-order valence-corrected chi connectivity index (χ1v) is 9.09. The molecule has 0 unspecified atom stereocenters. The molecule has 1 aromatic heterocycles. The molecule has 1 N–H and O–H groups in total. The Bertz CT molecular complexity index is 731. The van der Waals surface area contributed by atoms with Crippen LogP contribution in [0.2, 0.25) is 0 Å². The smallest absolute Gasteiger partial charge is 0.235 e. The molecule has 0 saturated carbocycles. The summed E-state index contributed by atoms with van der Waals surface area (Å²) in [5.41, 5.74) is 1.88. The van der Waals surface area contributed by atoms with Crippen molar-refractivity contribution in [1.29, 1.82) is 0 Å². The summed E-state index contributed by atoms with van der Waals surface area (Å²) in [5.74, 6) is -0.656. The molecule has 0 aliphatic carbocycles. The first kappa shape index (κ1) is 17.1. The summed E-state index contributed by atoms with van der Waals surface area (Å²) in [6.07, 6.45) is 3.80. The second-order valence-electron chi connectivity index (χ2n) is 5.47. The lowest BCUT2D eigenvalue weighted by Crippen LogP contribution is -2.33. The van der Waals surface area contributed by atoms with Crippen molar-refractivity contribution in [1.82, 2.24) is 9.71 Å². The Morgan fingerprint density at radius 2 is 1.78 bits per heavy atom. The van der Waals surface area contributed by atoms with E-state index < -0.39 is 15.9 Å². The molecular formula is C17H20N2O3S. The highest BCUT2D eigenvalue weighted by molar-refractivity contribution is 7.90. The zero-order chi connectivity index (χ0) is 16.7. The Labute approximate surface area is 136 Å². The summed E-state index contributed by atoms with van der Waals surface area (Å²) in [4.78, 5) is 15.9. The van der Waals surface area contributed by atoms with E-state index in [-0.39, 0.29) is 18.1 Å². The molecule has 0 radical (unpaired) electrons. The van der Waals surface area contributed by atoms with Gasteiger partial charge in [0, 0.05) is 18.8 Å². The molecule has 1 atom stereocenters. The lowest BCUT2D eigenvalue weighted by molar-refractivity contribution is -0.119. The maximum Gasteiger partial charge on any atom is 0.235 e. The fourth-order valence-electron chi connectivity index (χ4n) is 2.25. The third-order valence-corrected chi connectivity index (χ3v) is 4.82. The quantitative estimate of drug-likeness (QED) is 0.844. The van der Waals surface area contributed by atoms with Crippen molar-refractivity contribution >= 4 is 15.9 Å². The fourth-order valence-corrected chi connectivity index (χ4v) is 3.29. The number of hydrogen-bond donors (Lipinski definition) is 1. The zero-order valence-electron chi connectivity index (χ0n) is 13.0. The summed E-state index contributed by atoms with van der Waals surface area (Å²) in [7, 11) is -3.62. The highest BCUT2D eigenvalue weighted by atomic mass is 32.2. The van der Waals surface area contributed by atoms with Crippen molar-refractivity contribution in [2.45, 2.75) is 25.7 Å². The average Bonchev–Trinajstić information content (AvgIpc) is 2.54. The number of aromatic nitrogens is 1. The Hall–Kier alpha value is -2.21. The third-order valence-electron chi connectivity index (χ3n) is 3.54. The molecule has 0 aliphatic heterocycles. The van der Waals surface area contributed by atoms with E-state index in [2.05, 4.69) is 9.71 Å². The van der Waals surface area contributed by atoms with E-state index in [4.69, 9.17) is 0 Å². The van der Waals surface area contributed by atoms with Gasteiger partial charge in [-0.05, 0) is 35.6 Å². The van der Waals surface area contributed by atoms with E-state index in [1.807, 2.05) is 49.4 Å². The van der Waals surface area contributed by atoms with Gasteiger partial charge >= 0.3 is 0 Å². The minimum Gasteiger partial charge on any atom is -0.274 e. The Morgan fingerprint density at radius 1 is 1.13 bits per heavy atom. The van der Waals surface area contributed by atoms with E-state index in [9.17, 15) is 13.2 Å². The summed E-state index contributed by atoms with van der Waals surface area (Å²) in [6.45, 7) is 1.88. The summed E-state index contributed by atoms with van der Waals surface area (Å²) < 4.78 is 26.1. The van der Waals surface area contributed by atoms with Crippen LogP contribution in [0.25, 0.3) is 0 Å². The van der Waals surface area contributed by atoms with Gasteiger partial charge in [0.15, 0.2) is 0 Å². The number of amides is 1. The van der Waals surface area contributed by atoms with Crippen LogP contribution in [0.1, 0.15) is 30.4 Å². The number of nitrogens with zero attached hydrogens (tertiary/aromatic N) is 1. The Balaban J connectivity index is 1.86. The van der Waals surface area contributed by atoms with Crippen molar-refractivity contribution in [2.75, 3.05) is 5.75 Å². The van der Waals surface area contributed by atoms with Gasteiger partial charge in [-0.2, -0.15) is 0 Å². The highest BCUT2D eigenvalue weighted by Gasteiger charge is 2.17. The van der Waals surface area contributed by atoms with E-state index >= 15 is 0 Å². The van der Waals surface area contributed by atoms with Crippen LogP contribution in [0.15, 0.2) is 54.9 Å². The van der Waals surface area contributed by atoms with Gasteiger partial charge in [0.2, 0.25) is 15.9 Å². The molecule has 2 aromatic rings. The molecular weight excluding hydrogens is 312 g/mol. The molecule has 1 amide bonds. The van der Waals surface area contributed by atoms with E-state index in [0.29, 0.717) is 6.42 Å². The molecule has 0 bridgehead atoms. The van der Waals surface area contributed by atoms with Crippen molar-refractivity contribution in [3.05, 3.63) is 66.0 Å². The Morgan fingerprint density at radius 3 is 2.43 bits per heavy atom. The predicted octanol–water partition coefficient (Wildman–Crippen LogP) is 2.26. The van der Waals surface area contributed by atoms with Crippen LogP contribution in [-0.4, -0.2) is 25.1 Å². The normalized spacial score (nSPS) is 12.6. The van der Waals surface area contributed by atoms with Crippen LogP contribution < -0.4 is 4.72 Å². The van der Waals surface area contributed by atoms with Crippen molar-refractivity contribution in [2.24, 2.45) is 0 Å². The summed E-state index contributed by atoms with van der Waals surface area (Å²) >= 11 is 0. The van der Waals surface area contributed by atoms with Gasteiger partial charge in [-0.15, -0.1) is 0 Å². The van der Waals surface area contributed by atoms with Crippen LogP contribution in [0.3, 0.4) is 0 Å². The van der Waals surface area contributed by atoms with E-state index in [1.165, 1.54) is 0 Å². The third kappa shape index (κ3) is 5.83. The lowest BCUT2D eigenvalue weighted by atomic mass is 9.99. The number of aryl methyl sites for hydroxylation is 1. The number of pyridine rings is 1. The fraction of sp³-hybridized carbons (Fsp3) is 0.294. The maximum atomic E-state index is 12.0. The molecule has 23 heavy (non-hydrogen) atoms. The SMILES string of the molecule is C[C@@H](CC(=O)NS(=O)(=O)CCc1ccccc1)c1ccncc1. The van der Waals surface area contributed by atoms with E-state index in [1.54, 1.807) is 12.4 Å². The van der Waals surface area contributed by atoms with Crippen LogP contribution in [0.5, 0.6) is 0 Å². The zero-order valence-corrected chi connectivity index (χ0v) is 13.8. The second-order valence-corrected chi connectivity index (χ2v) is 7.31. The molecule has 0 aliphatic rings. The maximum absolute atomic E-state index is 12.0. The summed E-state index contributed by atoms with van der Waals surface area (Å²) in [5, 5.41) is 0. The van der Waals surface area contributed by atoms with Gasteiger partial charge in [-0.1, -0.05) is 37.3 Å². The molecule has 0 spiro atoms. The van der Waals surface area contributed by atoms with Crippen molar-refractivity contribution in [3.8, 4) is 0 Å². The van der Waals surface area contributed by atoms with Crippen LogP contribution in [-0.2, 0) is 21.2 Å². The van der Waals surface area contributed by atoms with Gasteiger partial charge in [0.1, 0.15) is 0 Å². The minimum absolute atomic E-state index is 0.0673. The van der Waals surface area contributed by atoms with Gasteiger partial charge in [0.25, 0.3) is 0 Å². The minimum atomic E-state index is -3.62. The van der Waals surface area contributed by atoms with Crippen molar-refractivity contribution in [3.63, 3.8) is 0 Å². The van der Waals surface area contributed by atoms with Crippen LogP contribution >= 0.6 is 0 Å². The summed E-state index contributed by atoms with van der Waals surface area (Å²) in [6, 6.07) is 13.0. The lowest BCUT2D eigenvalue weighted by Gasteiger charge is -2.12. The molecule has 0 fully saturated rings. The predicted molar refractivity (Wildman–Crippen MR) is 89.3 cm³/mol. The molecule has 6 heteroatoms. The monoisotopic (exact) mass is 332 g/mol. The van der Waals surface area contributed by atoms with Crippen molar-refractivity contribution < 1.29 is 13.2 Å². The van der Waals surface area contributed by atoms with Gasteiger partial charge in [0.05, 0.1) is 5.75 Å². The van der Waals surface area contributed by atoms with E-state index in [0.717, 1.165) is 11.1 Å². The number of benzene rings is 1. The second kappa shape index (κ2) is 7.87. The van der Waals surface area contributed by atoms with Gasteiger partial charge in [-0.25, -0.2) is 8.42 Å². The molecule has 1 heterocycles. The number of rotatable bonds is 7.